The maximum Gasteiger partial charge on any atom is 0.534 e. The van der Waals surface area contributed by atoms with Crippen LogP contribution in [0, 0.1) is 0 Å². The van der Waals surface area contributed by atoms with Crippen molar-refractivity contribution in [2.24, 2.45) is 0 Å². The Labute approximate surface area is 816 Å². The molecule has 2 aromatic carbocycles. The van der Waals surface area contributed by atoms with Crippen molar-refractivity contribution in [1.82, 2.24) is 24.9 Å². The molecule has 16 rings (SSSR count). The van der Waals surface area contributed by atoms with Crippen molar-refractivity contribution in [3.05, 3.63) is 171 Å². The molecule has 9 saturated heterocycles. The van der Waals surface area contributed by atoms with Crippen LogP contribution in [0.5, 0.6) is 52.4 Å². The van der Waals surface area contributed by atoms with Crippen LogP contribution in [0.3, 0.4) is 0 Å². The summed E-state index contributed by atoms with van der Waals surface area (Å²) in [6, 6.07) is 32.6. The van der Waals surface area contributed by atoms with Crippen LogP contribution in [0.25, 0.3) is 0 Å². The summed E-state index contributed by atoms with van der Waals surface area (Å²) in [5.41, 5.74) is -17.2. The van der Waals surface area contributed by atoms with E-state index < -0.39 is 77.6 Å². The van der Waals surface area contributed by atoms with Crippen molar-refractivity contribution in [2.45, 2.75) is 219 Å². The van der Waals surface area contributed by atoms with Gasteiger partial charge in [0, 0.05) is 165 Å². The summed E-state index contributed by atoms with van der Waals surface area (Å²) in [6.07, 6.45) is 12.6. The molecular weight excluding hydrogens is 1940 g/mol. The fraction of sp³-hybridized carbons (Fsp3) is 0.615. The molecule has 4 unspecified atom stereocenters. The van der Waals surface area contributed by atoms with E-state index in [0.29, 0.717) is 140 Å². The van der Waals surface area contributed by atoms with Gasteiger partial charge in [-0.05, 0) is 88.2 Å². The van der Waals surface area contributed by atoms with E-state index >= 15 is 8.78 Å². The van der Waals surface area contributed by atoms with E-state index in [2.05, 4.69) is 33.3 Å². The van der Waals surface area contributed by atoms with Gasteiger partial charge in [0.05, 0.1) is 114 Å². The standard InChI is InChI=1S/C24H30FNO5.C24H31NO6.C18H23F4NO7S.C17H24FNO5.C13H15F4NO6S/c25-24(9-12-27-13-10-24)21-16-20(31-18-19-6-2-1-3-7-19)17-22(26-21)28-14-15-30-23-8-4-5-11-29-23;26-24(9-12-27-13-10-24)21-16-20(31-18-19-6-2-1-3-7-19)17-22(25-21)28-14-15-30-23-8-4-5-11-29-23;19-17(4-7-26-8-5-17)14-11-13(30-31(24,25)18(20,21)22)12-15(23-14)27-9-10-29-16-3-1-2-6-28-16;18-17(4-7-21-8-5-17)14-11-13(20)12-15(19-14)22-9-10-24-16-3-1-2-6-23-16;14-12(1-4-22-5-2-12)10-7-9(8-11(18-10)23-6-3-19)24-25(20,21)13(15,16)17/h1-3,6-7,16-17,23H,4-5,8-15,18H2;1-3,6-7,16-17,23,26H,4-5,8-15,18H2;11-12,16H,1-10H2;11-12,16H,1-10H2,(H,19,20);7-8,19H,1-6H2. The molecule has 0 radical (unpaired) electrons. The lowest BCUT2D eigenvalue weighted by Crippen LogP contribution is -2.34. The first-order valence-corrected chi connectivity index (χ1v) is 50.3. The molecule has 3 N–H and O–H groups in total. The maximum atomic E-state index is 15.6. The second-order valence-electron chi connectivity index (χ2n) is 34.3. The summed E-state index contributed by atoms with van der Waals surface area (Å²) in [6.45, 7) is 7.70. The predicted molar refractivity (Wildman–Crippen MR) is 485 cm³/mol. The molecule has 46 heteroatoms. The molecule has 9 aliphatic heterocycles. The Kier molecular flexibility index (Phi) is 43.1. The third-order valence-corrected chi connectivity index (χ3v) is 25.6. The van der Waals surface area contributed by atoms with Crippen LogP contribution in [0.2, 0.25) is 0 Å². The highest BCUT2D eigenvalue weighted by Crippen LogP contribution is 2.44. The second kappa shape index (κ2) is 54.8. The molecule has 4 atom stereocenters. The lowest BCUT2D eigenvalue weighted by molar-refractivity contribution is -0.165. The van der Waals surface area contributed by atoms with Crippen molar-refractivity contribution in [3.63, 3.8) is 0 Å². The monoisotopic (exact) mass is 2060 g/mol. The van der Waals surface area contributed by atoms with Gasteiger partial charge in [-0.1, -0.05) is 60.7 Å². The second-order valence-corrected chi connectivity index (χ2v) is 37.4. The van der Waals surface area contributed by atoms with E-state index in [9.17, 15) is 61.9 Å². The first-order valence-electron chi connectivity index (χ1n) is 47.5. The summed E-state index contributed by atoms with van der Waals surface area (Å²) in [5.74, 6) is -0.0654. The number of hydrogen-bond donors (Lipinski definition) is 3. The summed E-state index contributed by atoms with van der Waals surface area (Å²) < 4.78 is 300. The van der Waals surface area contributed by atoms with Gasteiger partial charge in [-0.2, -0.15) is 43.2 Å². The molecule has 9 aliphatic rings. The highest BCUT2D eigenvalue weighted by Gasteiger charge is 2.51. The van der Waals surface area contributed by atoms with Crippen molar-refractivity contribution in [1.29, 1.82) is 0 Å². The molecule has 0 spiro atoms. The lowest BCUT2D eigenvalue weighted by atomic mass is 9.90. The van der Waals surface area contributed by atoms with Gasteiger partial charge in [0.25, 0.3) is 0 Å². The maximum absolute atomic E-state index is 15.6. The number of nitrogens with one attached hydrogen (secondary N) is 1. The number of aliphatic hydroxyl groups is 2. The number of nitrogens with zero attached hydrogens (tertiary/aromatic N) is 4. The molecule has 14 heterocycles. The normalized spacial score (nSPS) is 21.1. The minimum absolute atomic E-state index is 0.0653. The van der Waals surface area contributed by atoms with Gasteiger partial charge < -0.3 is 118 Å². The third-order valence-electron chi connectivity index (χ3n) is 23.6. The number of pyridine rings is 5. The minimum atomic E-state index is -5.95. The smallest absolute Gasteiger partial charge is 0.489 e. The number of alkyl halides is 10. The fourth-order valence-electron chi connectivity index (χ4n) is 15.7. The zero-order chi connectivity index (χ0) is 101. The van der Waals surface area contributed by atoms with Gasteiger partial charge in [-0.15, -0.1) is 0 Å². The van der Waals surface area contributed by atoms with Gasteiger partial charge in [0.1, 0.15) is 74.8 Å². The number of H-pyrrole nitrogens is 1. The van der Waals surface area contributed by atoms with Gasteiger partial charge in [0.2, 0.25) is 23.5 Å². The molecule has 5 aromatic heterocycles. The molecule has 0 aliphatic carbocycles. The zero-order valence-corrected chi connectivity index (χ0v) is 80.2. The molecule has 142 heavy (non-hydrogen) atoms. The Balaban J connectivity index is 0.000000159. The number of ether oxygens (including phenoxy) is 20. The molecule has 0 saturated carbocycles. The van der Waals surface area contributed by atoms with Crippen molar-refractivity contribution in [2.75, 3.05) is 159 Å². The van der Waals surface area contributed by atoms with E-state index in [0.717, 1.165) is 132 Å². The van der Waals surface area contributed by atoms with Crippen LogP contribution < -0.4 is 47.0 Å². The molecule has 7 aromatic rings. The van der Waals surface area contributed by atoms with Gasteiger partial charge in [0.15, 0.2) is 59.1 Å². The first kappa shape index (κ1) is 112. The van der Waals surface area contributed by atoms with E-state index in [1.54, 1.807) is 24.3 Å². The van der Waals surface area contributed by atoms with Crippen LogP contribution in [-0.2, 0) is 123 Å². The largest absolute Gasteiger partial charge is 0.534 e. The van der Waals surface area contributed by atoms with E-state index in [-0.39, 0.29) is 170 Å². The highest BCUT2D eigenvalue weighted by atomic mass is 32.2. The van der Waals surface area contributed by atoms with Crippen LogP contribution >= 0.6 is 0 Å². The number of aromatic nitrogens is 5. The lowest BCUT2D eigenvalue weighted by Gasteiger charge is -2.31. The van der Waals surface area contributed by atoms with Crippen LogP contribution in [0.1, 0.15) is 181 Å². The van der Waals surface area contributed by atoms with Gasteiger partial charge >= 0.3 is 31.3 Å². The molecule has 0 bridgehead atoms. The number of aliphatic hydroxyl groups excluding tert-OH is 1. The van der Waals surface area contributed by atoms with Crippen LogP contribution in [0.4, 0.5) is 43.9 Å². The van der Waals surface area contributed by atoms with E-state index in [1.807, 2.05) is 60.7 Å². The van der Waals surface area contributed by atoms with Crippen LogP contribution in [-0.4, -0.2) is 247 Å². The number of rotatable bonds is 38. The molecule has 788 valence electrons. The molecular formula is C96H123F10N5O29S2. The summed E-state index contributed by atoms with van der Waals surface area (Å²) >= 11 is 0. The summed E-state index contributed by atoms with van der Waals surface area (Å²) in [4.78, 5) is 31.6. The number of hydrogen-bond acceptors (Lipinski definition) is 33. The van der Waals surface area contributed by atoms with Crippen molar-refractivity contribution < 1.29 is 174 Å². The highest BCUT2D eigenvalue weighted by molar-refractivity contribution is 7.88. The SMILES string of the molecule is FC1(c2cc(OCc3ccccc3)cc(OCCOC3CCCCO3)n2)CCOCC1.O=S(=O)(Oc1cc(OCCO)nc(C2(F)CCOCC2)c1)C(F)(F)F.O=S(=O)(Oc1cc(OCCOC2CCCCO2)nc(C2(F)CCOCC2)c1)C(F)(F)F.O=c1cc(OCCOC2CCCCO2)[nH]c(C2(F)CCOCC2)c1.OC1(c2cc(OCc3ccccc3)cc(OCCOC3CCCCO3)n2)CCOCC1. The third kappa shape index (κ3) is 35.6. The average molecular weight is 2070 g/mol. The Morgan fingerprint density at radius 2 is 0.655 bits per heavy atom. The number of aromatic amines is 1. The zero-order valence-electron chi connectivity index (χ0n) is 78.6. The Morgan fingerprint density at radius 1 is 0.352 bits per heavy atom. The van der Waals surface area contributed by atoms with Gasteiger partial charge in [-0.3, -0.25) is 4.79 Å². The van der Waals surface area contributed by atoms with Gasteiger partial charge in [-0.25, -0.2) is 37.5 Å². The summed E-state index contributed by atoms with van der Waals surface area (Å²) in [5, 5.41) is 19.9. The first-order chi connectivity index (χ1) is 68.2. The van der Waals surface area contributed by atoms with Crippen LogP contribution in [0.15, 0.2) is 126 Å². The molecule has 0 amide bonds. The quantitative estimate of drug-likeness (QED) is 0.0140. The number of benzene rings is 2. The summed E-state index contributed by atoms with van der Waals surface area (Å²) in [7, 11) is -11.9. The Bertz CT molecular complexity index is 5080. The average Bonchev–Trinajstić information content (AvgIpc) is 0.842. The van der Waals surface area contributed by atoms with E-state index in [1.165, 1.54) is 12.1 Å². The molecule has 34 nitrogen and oxygen atoms in total. The predicted octanol–water partition coefficient (Wildman–Crippen LogP) is 15.3. The Morgan fingerprint density at radius 3 is 0.986 bits per heavy atom. The van der Waals surface area contributed by atoms with Crippen molar-refractivity contribution >= 4 is 20.2 Å². The van der Waals surface area contributed by atoms with E-state index in [4.69, 9.17) is 99.8 Å². The Hall–Kier alpha value is -9.21. The number of halogens is 10. The van der Waals surface area contributed by atoms with Crippen molar-refractivity contribution in [3.8, 4) is 52.4 Å². The fourth-order valence-corrected chi connectivity index (χ4v) is 16.6. The topological polar surface area (TPSA) is 396 Å². The minimum Gasteiger partial charge on any atom is -0.489 e. The molecule has 9 fully saturated rings.